The zero-order valence-corrected chi connectivity index (χ0v) is 23.5. The number of piperidine rings is 1. The number of hydrogen-bond donors (Lipinski definition) is 2. The molecule has 1 fully saturated rings. The average molecular weight is 549 g/mol. The minimum Gasteiger partial charge on any atom is -0.504 e. The fourth-order valence-electron chi connectivity index (χ4n) is 7.89. The summed E-state index contributed by atoms with van der Waals surface area (Å²) in [5.41, 5.74) is 3.49. The van der Waals surface area contributed by atoms with Gasteiger partial charge in [0.2, 0.25) is 5.91 Å². The normalized spacial score (nSPS) is 29.3. The van der Waals surface area contributed by atoms with E-state index in [1.54, 1.807) is 24.1 Å². The van der Waals surface area contributed by atoms with Gasteiger partial charge in [0.05, 0.1) is 11.5 Å². The van der Waals surface area contributed by atoms with Crippen molar-refractivity contribution in [3.05, 3.63) is 113 Å². The molecule has 0 saturated carbocycles. The van der Waals surface area contributed by atoms with Gasteiger partial charge in [-0.25, -0.2) is 0 Å². The van der Waals surface area contributed by atoms with Crippen molar-refractivity contribution in [3.8, 4) is 11.5 Å². The lowest BCUT2D eigenvalue weighted by molar-refractivity contribution is -0.154. The lowest BCUT2D eigenvalue weighted by Gasteiger charge is -2.62. The Kier molecular flexibility index (Phi) is 6.10. The highest BCUT2D eigenvalue weighted by molar-refractivity contribution is 5.92. The van der Waals surface area contributed by atoms with Crippen LogP contribution in [-0.4, -0.2) is 69.8 Å². The van der Waals surface area contributed by atoms with Crippen molar-refractivity contribution in [2.75, 3.05) is 20.1 Å². The van der Waals surface area contributed by atoms with E-state index in [1.807, 2.05) is 61.5 Å². The number of carbonyl (C=O) groups excluding carboxylic acids is 1. The number of likely N-dealkylation sites (N-methyl/N-ethyl adjacent to an activating group) is 1. The molecule has 2 heterocycles. The summed E-state index contributed by atoms with van der Waals surface area (Å²) in [4.78, 5) is 17.6. The summed E-state index contributed by atoms with van der Waals surface area (Å²) in [5, 5.41) is 23.6. The molecule has 7 rings (SSSR count). The van der Waals surface area contributed by atoms with E-state index in [9.17, 15) is 15.0 Å². The van der Waals surface area contributed by atoms with E-state index in [2.05, 4.69) is 29.2 Å². The average Bonchev–Trinajstić information content (AvgIpc) is 3.33. The Morgan fingerprint density at radius 2 is 1.98 bits per heavy atom. The SMILES string of the molecule is Cc1cccc(C=CC(=O)N(C)[C@@H]2C=C[C@@]3(O)[C@H]4Cc5ccc(O)c6c5[C@@]3(CCN4CCc3ccccc3)[C@H]2O6)c1. The highest BCUT2D eigenvalue weighted by atomic mass is 16.5. The zero-order valence-electron chi connectivity index (χ0n) is 23.5. The molecule has 1 spiro atoms. The van der Waals surface area contributed by atoms with Crippen LogP contribution < -0.4 is 4.74 Å². The van der Waals surface area contributed by atoms with Crippen LogP contribution in [0.2, 0.25) is 0 Å². The number of rotatable bonds is 6. The number of nitrogens with zero attached hydrogens (tertiary/aromatic N) is 2. The Bertz CT molecular complexity index is 1570. The van der Waals surface area contributed by atoms with E-state index in [0.29, 0.717) is 18.6 Å². The number of phenols is 1. The van der Waals surface area contributed by atoms with Crippen LogP contribution in [0.5, 0.6) is 11.5 Å². The first-order valence-corrected chi connectivity index (χ1v) is 14.5. The molecule has 5 atom stereocenters. The Morgan fingerprint density at radius 3 is 2.78 bits per heavy atom. The number of benzene rings is 3. The molecule has 4 aliphatic rings. The Balaban J connectivity index is 1.24. The lowest BCUT2D eigenvalue weighted by atomic mass is 9.50. The van der Waals surface area contributed by atoms with Gasteiger partial charge in [0, 0.05) is 31.3 Å². The van der Waals surface area contributed by atoms with Crippen molar-refractivity contribution >= 4 is 12.0 Å². The summed E-state index contributed by atoms with van der Waals surface area (Å²) in [5.74, 6) is 0.415. The highest BCUT2D eigenvalue weighted by Crippen LogP contribution is 2.64. The summed E-state index contributed by atoms with van der Waals surface area (Å²) < 4.78 is 6.60. The number of likely N-dealkylation sites (tertiary alicyclic amines) is 1. The molecule has 2 N–H and O–H groups in total. The number of aryl methyl sites for hydroxylation is 1. The number of amides is 1. The van der Waals surface area contributed by atoms with Crippen molar-refractivity contribution in [3.63, 3.8) is 0 Å². The topological polar surface area (TPSA) is 73.2 Å². The summed E-state index contributed by atoms with van der Waals surface area (Å²) in [6, 6.07) is 21.7. The van der Waals surface area contributed by atoms with Gasteiger partial charge in [0.25, 0.3) is 0 Å². The van der Waals surface area contributed by atoms with Crippen molar-refractivity contribution in [2.24, 2.45) is 0 Å². The largest absolute Gasteiger partial charge is 0.504 e. The van der Waals surface area contributed by atoms with Gasteiger partial charge in [-0.1, -0.05) is 78.4 Å². The maximum Gasteiger partial charge on any atom is 0.246 e. The smallest absolute Gasteiger partial charge is 0.246 e. The number of hydrogen-bond acceptors (Lipinski definition) is 5. The van der Waals surface area contributed by atoms with Gasteiger partial charge in [-0.2, -0.15) is 0 Å². The third-order valence-electron chi connectivity index (χ3n) is 9.91. The van der Waals surface area contributed by atoms with Gasteiger partial charge in [0.15, 0.2) is 11.5 Å². The van der Waals surface area contributed by atoms with Crippen LogP contribution in [0.25, 0.3) is 6.08 Å². The molecular weight excluding hydrogens is 512 g/mol. The van der Waals surface area contributed by atoms with Crippen molar-refractivity contribution in [1.82, 2.24) is 9.80 Å². The molecule has 6 heteroatoms. The summed E-state index contributed by atoms with van der Waals surface area (Å²) in [6.45, 7) is 3.68. The molecule has 2 bridgehead atoms. The highest BCUT2D eigenvalue weighted by Gasteiger charge is 2.72. The predicted molar refractivity (Wildman–Crippen MR) is 159 cm³/mol. The second-order valence-electron chi connectivity index (χ2n) is 12.1. The van der Waals surface area contributed by atoms with E-state index < -0.39 is 23.2 Å². The Morgan fingerprint density at radius 1 is 1.15 bits per heavy atom. The fraction of sp³-hybridized carbons (Fsp3) is 0.343. The molecule has 2 aliphatic carbocycles. The maximum absolute atomic E-state index is 13.4. The zero-order chi connectivity index (χ0) is 28.4. The molecule has 3 aromatic rings. The van der Waals surface area contributed by atoms with Crippen molar-refractivity contribution in [2.45, 2.75) is 55.4 Å². The van der Waals surface area contributed by atoms with Gasteiger partial charge < -0.3 is 19.8 Å². The summed E-state index contributed by atoms with van der Waals surface area (Å²) in [6.07, 6.45) is 9.06. The second-order valence-corrected chi connectivity index (χ2v) is 12.1. The minimum absolute atomic E-state index is 0.0897. The van der Waals surface area contributed by atoms with Crippen molar-refractivity contribution in [1.29, 1.82) is 0 Å². The minimum atomic E-state index is -1.18. The van der Waals surface area contributed by atoms with Crippen molar-refractivity contribution < 1.29 is 19.7 Å². The molecule has 2 aliphatic heterocycles. The molecular formula is C35H36N2O4. The number of aromatic hydroxyl groups is 1. The predicted octanol–water partition coefficient (Wildman–Crippen LogP) is 4.41. The van der Waals surface area contributed by atoms with Crippen LogP contribution in [0, 0.1) is 6.92 Å². The van der Waals surface area contributed by atoms with Crippen LogP contribution in [0.15, 0.2) is 85.0 Å². The van der Waals surface area contributed by atoms with Gasteiger partial charge in [-0.05, 0) is 61.6 Å². The maximum atomic E-state index is 13.4. The second kappa shape index (κ2) is 9.61. The van der Waals surface area contributed by atoms with Gasteiger partial charge in [0.1, 0.15) is 11.7 Å². The Hall–Kier alpha value is -3.87. The number of phenolic OH excluding ortho intramolecular Hbond substituents is 1. The van der Waals surface area contributed by atoms with E-state index in [4.69, 9.17) is 4.74 Å². The molecule has 0 unspecified atom stereocenters. The van der Waals surface area contributed by atoms with E-state index in [-0.39, 0.29) is 17.7 Å². The van der Waals surface area contributed by atoms with Gasteiger partial charge in [-0.15, -0.1) is 0 Å². The Labute approximate surface area is 241 Å². The molecule has 1 amide bonds. The van der Waals surface area contributed by atoms with Gasteiger partial charge in [-0.3, -0.25) is 9.69 Å². The number of aliphatic hydroxyl groups is 1. The van der Waals surface area contributed by atoms with Crippen LogP contribution in [0.3, 0.4) is 0 Å². The molecule has 210 valence electrons. The van der Waals surface area contributed by atoms with E-state index >= 15 is 0 Å². The fourth-order valence-corrected chi connectivity index (χ4v) is 7.89. The molecule has 41 heavy (non-hydrogen) atoms. The van der Waals surface area contributed by atoms with Crippen LogP contribution in [0.4, 0.5) is 0 Å². The number of ether oxygens (including phenoxy) is 1. The molecule has 1 saturated heterocycles. The molecule has 3 aromatic carbocycles. The third-order valence-corrected chi connectivity index (χ3v) is 9.91. The quantitative estimate of drug-likeness (QED) is 0.353. The van der Waals surface area contributed by atoms with Crippen LogP contribution in [0.1, 0.15) is 34.2 Å². The standard InChI is InChI=1S/C35H36N2O4/c1-23-7-6-10-25(21-23)11-14-30(39)36(2)27-15-17-35(40)29-22-26-12-13-28(38)32-31(26)34(35,33(27)41-32)18-20-37(29)19-16-24-8-4-3-5-9-24/h3-15,17,21,27,29,33,38,40H,16,18-20,22H2,1-2H3/t27-,29-,33+,34+,35-/m1/s1. The first kappa shape index (κ1) is 26.1. The first-order chi connectivity index (χ1) is 19.8. The molecule has 0 radical (unpaired) electrons. The van der Waals surface area contributed by atoms with Crippen LogP contribution in [-0.2, 0) is 23.1 Å². The number of carbonyl (C=O) groups is 1. The third kappa shape index (κ3) is 3.88. The monoisotopic (exact) mass is 548 g/mol. The first-order valence-electron chi connectivity index (χ1n) is 14.5. The lowest BCUT2D eigenvalue weighted by Crippen LogP contribution is -2.76. The van der Waals surface area contributed by atoms with Gasteiger partial charge >= 0.3 is 0 Å². The summed E-state index contributed by atoms with van der Waals surface area (Å²) in [7, 11) is 1.79. The summed E-state index contributed by atoms with van der Waals surface area (Å²) >= 11 is 0. The van der Waals surface area contributed by atoms with E-state index in [1.165, 1.54) is 5.56 Å². The molecule has 0 aromatic heterocycles. The van der Waals surface area contributed by atoms with E-state index in [0.717, 1.165) is 41.8 Å². The molecule has 6 nitrogen and oxygen atoms in total. The van der Waals surface area contributed by atoms with Crippen LogP contribution >= 0.6 is 0 Å².